The number of carbonyl (C=O) groups excluding carboxylic acids is 1. The molecule has 0 aromatic heterocycles. The average Bonchev–Trinajstić information content (AvgIpc) is 2.96. The van der Waals surface area contributed by atoms with Gasteiger partial charge in [-0.05, 0) is 25.7 Å². The van der Waals surface area contributed by atoms with Crippen molar-refractivity contribution in [2.24, 2.45) is 5.92 Å². The minimum Gasteiger partial charge on any atom is -0.481 e. The average molecular weight is 332 g/mol. The number of sulfonamides is 1. The summed E-state index contributed by atoms with van der Waals surface area (Å²) < 4.78 is 26.0. The Balaban J connectivity index is 2.11. The number of hydrogen-bond donors (Lipinski definition) is 1. The zero-order valence-corrected chi connectivity index (χ0v) is 13.7. The highest BCUT2D eigenvalue weighted by molar-refractivity contribution is 7.89. The predicted molar refractivity (Wildman–Crippen MR) is 80.7 cm³/mol. The molecule has 0 saturated carbocycles. The molecule has 0 bridgehead atoms. The molecule has 2 atom stereocenters. The smallest absolute Gasteiger partial charge is 0.308 e. The summed E-state index contributed by atoms with van der Waals surface area (Å²) in [4.78, 5) is 25.2. The third-order valence-corrected chi connectivity index (χ3v) is 6.48. The molecule has 2 fully saturated rings. The molecule has 0 radical (unpaired) electrons. The number of aliphatic carboxylic acids is 1. The molecule has 2 saturated heterocycles. The van der Waals surface area contributed by atoms with Crippen LogP contribution < -0.4 is 0 Å². The molecular weight excluding hydrogens is 308 g/mol. The minimum atomic E-state index is -3.42. The summed E-state index contributed by atoms with van der Waals surface area (Å²) in [6.45, 7) is 2.77. The fourth-order valence-electron chi connectivity index (χ4n) is 3.23. The zero-order valence-electron chi connectivity index (χ0n) is 12.9. The van der Waals surface area contributed by atoms with Gasteiger partial charge in [-0.25, -0.2) is 8.42 Å². The first-order chi connectivity index (χ1) is 10.4. The Morgan fingerprint density at radius 2 is 1.91 bits per heavy atom. The summed E-state index contributed by atoms with van der Waals surface area (Å²) in [5, 5.41) is 9.03. The molecule has 0 aromatic rings. The molecule has 2 aliphatic rings. The Labute approximate surface area is 131 Å². The zero-order chi connectivity index (χ0) is 16.3. The van der Waals surface area contributed by atoms with Crippen LogP contribution in [0.2, 0.25) is 0 Å². The van der Waals surface area contributed by atoms with Crippen molar-refractivity contribution in [2.45, 2.75) is 45.1 Å². The molecule has 0 spiro atoms. The molecule has 22 heavy (non-hydrogen) atoms. The van der Waals surface area contributed by atoms with Crippen LogP contribution in [0.4, 0.5) is 0 Å². The molecule has 0 aliphatic carbocycles. The first kappa shape index (κ1) is 17.2. The third kappa shape index (κ3) is 3.60. The summed E-state index contributed by atoms with van der Waals surface area (Å²) in [6, 6.07) is -0.655. The lowest BCUT2D eigenvalue weighted by atomic mass is 10.0. The van der Waals surface area contributed by atoms with Crippen molar-refractivity contribution in [3.05, 3.63) is 0 Å². The number of nitrogens with zero attached hydrogens (tertiary/aromatic N) is 2. The number of carboxylic acids is 1. The normalized spacial score (nSPS) is 27.0. The molecule has 7 nitrogen and oxygen atoms in total. The van der Waals surface area contributed by atoms with E-state index in [1.165, 1.54) is 9.21 Å². The number of carbonyl (C=O) groups is 2. The largest absolute Gasteiger partial charge is 0.481 e. The number of amides is 1. The lowest BCUT2D eigenvalue weighted by Crippen LogP contribution is -2.53. The van der Waals surface area contributed by atoms with Gasteiger partial charge in [0.05, 0.1) is 11.7 Å². The van der Waals surface area contributed by atoms with Gasteiger partial charge in [0.25, 0.3) is 0 Å². The summed E-state index contributed by atoms with van der Waals surface area (Å²) in [6.07, 6.45) is 3.07. The molecule has 8 heteroatoms. The first-order valence-corrected chi connectivity index (χ1v) is 9.49. The van der Waals surface area contributed by atoms with E-state index >= 15 is 0 Å². The maximum absolute atomic E-state index is 12.7. The molecule has 126 valence electrons. The van der Waals surface area contributed by atoms with Crippen LogP contribution in [0, 0.1) is 5.92 Å². The van der Waals surface area contributed by atoms with E-state index in [-0.39, 0.29) is 18.2 Å². The summed E-state index contributed by atoms with van der Waals surface area (Å²) >= 11 is 0. The minimum absolute atomic E-state index is 0.0501. The molecular formula is C14H24N2O5S. The van der Waals surface area contributed by atoms with E-state index in [4.69, 9.17) is 5.11 Å². The van der Waals surface area contributed by atoms with Crippen molar-refractivity contribution in [1.82, 2.24) is 9.21 Å². The lowest BCUT2D eigenvalue weighted by molar-refractivity contribution is -0.141. The Morgan fingerprint density at radius 3 is 2.50 bits per heavy atom. The Hall–Kier alpha value is -1.15. The predicted octanol–water partition coefficient (Wildman–Crippen LogP) is 0.514. The summed E-state index contributed by atoms with van der Waals surface area (Å²) in [5.74, 6) is -1.61. The number of hydrogen-bond acceptors (Lipinski definition) is 4. The second-order valence-corrected chi connectivity index (χ2v) is 8.09. The van der Waals surface area contributed by atoms with Gasteiger partial charge >= 0.3 is 5.97 Å². The van der Waals surface area contributed by atoms with E-state index in [0.717, 1.165) is 12.8 Å². The van der Waals surface area contributed by atoms with Gasteiger partial charge in [-0.3, -0.25) is 9.59 Å². The Bertz CT molecular complexity index is 533. The highest BCUT2D eigenvalue weighted by Crippen LogP contribution is 2.25. The van der Waals surface area contributed by atoms with Crippen LogP contribution in [0.25, 0.3) is 0 Å². The second-order valence-electron chi connectivity index (χ2n) is 6.05. The molecule has 2 rings (SSSR count). The van der Waals surface area contributed by atoms with Crippen LogP contribution >= 0.6 is 0 Å². The number of likely N-dealkylation sites (tertiary alicyclic amines) is 1. The van der Waals surface area contributed by atoms with Gasteiger partial charge in [0.15, 0.2) is 0 Å². The van der Waals surface area contributed by atoms with Crippen LogP contribution in [-0.2, 0) is 19.6 Å². The van der Waals surface area contributed by atoms with Crippen molar-refractivity contribution in [2.75, 3.05) is 25.4 Å². The van der Waals surface area contributed by atoms with Crippen LogP contribution in [-0.4, -0.2) is 66.0 Å². The molecule has 2 unspecified atom stereocenters. The maximum Gasteiger partial charge on any atom is 0.308 e. The SMILES string of the molecule is CCCS(=O)(=O)N1CCCCC1C(=O)N1CCC(C(=O)O)C1. The monoisotopic (exact) mass is 332 g/mol. The summed E-state index contributed by atoms with van der Waals surface area (Å²) in [7, 11) is -3.42. The van der Waals surface area contributed by atoms with Crippen LogP contribution in [0.5, 0.6) is 0 Å². The molecule has 2 heterocycles. The van der Waals surface area contributed by atoms with Crippen LogP contribution in [0.3, 0.4) is 0 Å². The van der Waals surface area contributed by atoms with Gasteiger partial charge in [-0.1, -0.05) is 13.3 Å². The van der Waals surface area contributed by atoms with E-state index in [9.17, 15) is 18.0 Å². The van der Waals surface area contributed by atoms with Gasteiger partial charge in [-0.15, -0.1) is 0 Å². The van der Waals surface area contributed by atoms with Gasteiger partial charge in [-0.2, -0.15) is 4.31 Å². The highest BCUT2D eigenvalue weighted by atomic mass is 32.2. The van der Waals surface area contributed by atoms with Gasteiger partial charge in [0.2, 0.25) is 15.9 Å². The van der Waals surface area contributed by atoms with Crippen molar-refractivity contribution < 1.29 is 23.1 Å². The Morgan fingerprint density at radius 1 is 1.18 bits per heavy atom. The van der Waals surface area contributed by atoms with E-state index in [1.54, 1.807) is 6.92 Å². The second kappa shape index (κ2) is 6.95. The van der Waals surface area contributed by atoms with E-state index < -0.39 is 28.0 Å². The highest BCUT2D eigenvalue weighted by Gasteiger charge is 2.40. The topological polar surface area (TPSA) is 95.0 Å². The van der Waals surface area contributed by atoms with Gasteiger partial charge in [0.1, 0.15) is 6.04 Å². The van der Waals surface area contributed by atoms with Gasteiger partial charge < -0.3 is 10.0 Å². The number of rotatable bonds is 5. The molecule has 0 aromatic carbocycles. The maximum atomic E-state index is 12.7. The van der Waals surface area contributed by atoms with Crippen molar-refractivity contribution in [3.63, 3.8) is 0 Å². The van der Waals surface area contributed by atoms with Crippen LogP contribution in [0.15, 0.2) is 0 Å². The van der Waals surface area contributed by atoms with Crippen molar-refractivity contribution in [3.8, 4) is 0 Å². The van der Waals surface area contributed by atoms with E-state index in [0.29, 0.717) is 32.4 Å². The number of carboxylic acid groups (broad SMARTS) is 1. The fourth-order valence-corrected chi connectivity index (χ4v) is 4.97. The molecule has 1 amide bonds. The van der Waals surface area contributed by atoms with Gasteiger partial charge in [0, 0.05) is 19.6 Å². The summed E-state index contributed by atoms with van der Waals surface area (Å²) in [5.41, 5.74) is 0. The fraction of sp³-hybridized carbons (Fsp3) is 0.857. The number of piperidine rings is 1. The Kier molecular flexibility index (Phi) is 5.44. The standard InChI is InChI=1S/C14H24N2O5S/c1-2-9-22(20,21)16-7-4-3-5-12(16)13(17)15-8-6-11(10-15)14(18)19/h11-12H,2-10H2,1H3,(H,18,19). The quantitative estimate of drug-likeness (QED) is 0.792. The lowest BCUT2D eigenvalue weighted by Gasteiger charge is -2.35. The first-order valence-electron chi connectivity index (χ1n) is 7.88. The van der Waals surface area contributed by atoms with E-state index in [2.05, 4.69) is 0 Å². The van der Waals surface area contributed by atoms with Crippen molar-refractivity contribution >= 4 is 21.9 Å². The van der Waals surface area contributed by atoms with E-state index in [1.807, 2.05) is 0 Å². The molecule has 2 aliphatic heterocycles. The van der Waals surface area contributed by atoms with Crippen molar-refractivity contribution in [1.29, 1.82) is 0 Å². The van der Waals surface area contributed by atoms with Crippen LogP contribution in [0.1, 0.15) is 39.0 Å². The molecule has 1 N–H and O–H groups in total. The third-order valence-electron chi connectivity index (χ3n) is 4.41.